The lowest BCUT2D eigenvalue weighted by molar-refractivity contribution is -0.110. The van der Waals surface area contributed by atoms with Crippen molar-refractivity contribution in [2.24, 2.45) is 5.73 Å². The van der Waals surface area contributed by atoms with Gasteiger partial charge in [-0.3, -0.25) is 4.79 Å². The van der Waals surface area contributed by atoms with E-state index in [-0.39, 0.29) is 5.12 Å². The maximum absolute atomic E-state index is 10.7. The Morgan fingerprint density at radius 1 is 1.67 bits per heavy atom. The maximum Gasteiger partial charge on any atom is 0.190 e. The van der Waals surface area contributed by atoms with Gasteiger partial charge in [0, 0.05) is 18.2 Å². The third-order valence-electron chi connectivity index (χ3n) is 0.716. The Kier molecular flexibility index (Phi) is 4.81. The summed E-state index contributed by atoms with van der Waals surface area (Å²) in [7, 11) is 0. The molecule has 0 bridgehead atoms. The van der Waals surface area contributed by atoms with E-state index in [0.29, 0.717) is 18.2 Å². The van der Waals surface area contributed by atoms with Crippen molar-refractivity contribution in [3.8, 4) is 0 Å². The third-order valence-corrected chi connectivity index (χ3v) is 1.65. The van der Waals surface area contributed by atoms with E-state index in [1.54, 1.807) is 0 Å². The zero-order valence-electron chi connectivity index (χ0n) is 5.89. The van der Waals surface area contributed by atoms with Gasteiger partial charge in [-0.1, -0.05) is 25.6 Å². The predicted octanol–water partition coefficient (Wildman–Crippen LogP) is 1.00. The van der Waals surface area contributed by atoms with Gasteiger partial charge in [-0.25, -0.2) is 0 Å². The highest BCUT2D eigenvalue weighted by atomic mass is 32.2. The standard InChI is InChI=1S/C6H13NOS/c1-5(2)9-6(8)3-4-7/h5H,3-4,7H2,1-2H3. The van der Waals surface area contributed by atoms with Crippen LogP contribution in [0.15, 0.2) is 0 Å². The zero-order chi connectivity index (χ0) is 7.28. The van der Waals surface area contributed by atoms with Crippen LogP contribution < -0.4 is 5.73 Å². The van der Waals surface area contributed by atoms with Crippen molar-refractivity contribution in [1.29, 1.82) is 0 Å². The van der Waals surface area contributed by atoms with Crippen LogP contribution in [0.1, 0.15) is 20.3 Å². The van der Waals surface area contributed by atoms with Gasteiger partial charge < -0.3 is 5.73 Å². The van der Waals surface area contributed by atoms with Gasteiger partial charge in [0.15, 0.2) is 5.12 Å². The molecule has 0 heterocycles. The van der Waals surface area contributed by atoms with Crippen molar-refractivity contribution < 1.29 is 4.79 Å². The van der Waals surface area contributed by atoms with E-state index in [1.165, 1.54) is 11.8 Å². The Morgan fingerprint density at radius 2 is 2.22 bits per heavy atom. The van der Waals surface area contributed by atoms with E-state index in [0.717, 1.165) is 0 Å². The van der Waals surface area contributed by atoms with Crippen molar-refractivity contribution in [3.05, 3.63) is 0 Å². The van der Waals surface area contributed by atoms with Crippen molar-refractivity contribution in [2.45, 2.75) is 25.5 Å². The number of hydrogen-bond acceptors (Lipinski definition) is 3. The summed E-state index contributed by atoms with van der Waals surface area (Å²) in [5.74, 6) is 0. The van der Waals surface area contributed by atoms with Crippen LogP contribution >= 0.6 is 11.8 Å². The number of hydrogen-bond donors (Lipinski definition) is 1. The zero-order valence-corrected chi connectivity index (χ0v) is 6.70. The molecule has 0 amide bonds. The van der Waals surface area contributed by atoms with Crippen LogP contribution in [0.3, 0.4) is 0 Å². The smallest absolute Gasteiger partial charge is 0.190 e. The van der Waals surface area contributed by atoms with Crippen molar-refractivity contribution in [3.63, 3.8) is 0 Å². The van der Waals surface area contributed by atoms with Crippen molar-refractivity contribution >= 4 is 16.9 Å². The van der Waals surface area contributed by atoms with E-state index < -0.39 is 0 Å². The van der Waals surface area contributed by atoms with Gasteiger partial charge in [0.05, 0.1) is 0 Å². The van der Waals surface area contributed by atoms with Crippen LogP contribution in [0.25, 0.3) is 0 Å². The van der Waals surface area contributed by atoms with Gasteiger partial charge in [0.25, 0.3) is 0 Å². The molecule has 3 heteroatoms. The molecule has 0 saturated heterocycles. The van der Waals surface area contributed by atoms with Crippen LogP contribution in [0.4, 0.5) is 0 Å². The van der Waals surface area contributed by atoms with Crippen LogP contribution in [0.5, 0.6) is 0 Å². The van der Waals surface area contributed by atoms with Crippen LogP contribution in [0.2, 0.25) is 0 Å². The summed E-state index contributed by atoms with van der Waals surface area (Å²) in [6.45, 7) is 4.47. The number of thioether (sulfide) groups is 1. The summed E-state index contributed by atoms with van der Waals surface area (Å²) in [6, 6.07) is 0. The molecule has 0 saturated carbocycles. The molecule has 0 radical (unpaired) electrons. The van der Waals surface area contributed by atoms with Crippen molar-refractivity contribution in [1.82, 2.24) is 0 Å². The lowest BCUT2D eigenvalue weighted by Gasteiger charge is -2.00. The normalized spacial score (nSPS) is 10.2. The third kappa shape index (κ3) is 5.86. The molecule has 0 aromatic carbocycles. The molecular formula is C6H13NOS. The molecule has 0 atom stereocenters. The Balaban J connectivity index is 3.27. The number of rotatable bonds is 3. The van der Waals surface area contributed by atoms with Gasteiger partial charge in [-0.05, 0) is 0 Å². The molecule has 2 nitrogen and oxygen atoms in total. The van der Waals surface area contributed by atoms with E-state index in [1.807, 2.05) is 13.8 Å². The maximum atomic E-state index is 10.7. The topological polar surface area (TPSA) is 43.1 Å². The van der Waals surface area contributed by atoms with Crippen LogP contribution in [-0.4, -0.2) is 16.9 Å². The molecule has 0 rings (SSSR count). The van der Waals surface area contributed by atoms with Gasteiger partial charge in [-0.15, -0.1) is 0 Å². The molecule has 0 aromatic heterocycles. The van der Waals surface area contributed by atoms with Crippen molar-refractivity contribution in [2.75, 3.05) is 6.54 Å². The molecule has 9 heavy (non-hydrogen) atoms. The summed E-state index contributed by atoms with van der Waals surface area (Å²) >= 11 is 1.36. The minimum absolute atomic E-state index is 0.201. The quantitative estimate of drug-likeness (QED) is 0.647. The Labute approximate surface area is 60.2 Å². The second kappa shape index (κ2) is 4.82. The summed E-state index contributed by atoms with van der Waals surface area (Å²) in [6.07, 6.45) is 0.503. The summed E-state index contributed by atoms with van der Waals surface area (Å²) in [5.41, 5.74) is 5.17. The van der Waals surface area contributed by atoms with Gasteiger partial charge in [0.1, 0.15) is 0 Å². The van der Waals surface area contributed by atoms with Crippen LogP contribution in [-0.2, 0) is 4.79 Å². The fraction of sp³-hybridized carbons (Fsp3) is 0.833. The molecule has 0 spiro atoms. The molecule has 2 N–H and O–H groups in total. The first-order valence-electron chi connectivity index (χ1n) is 3.06. The molecule has 0 unspecified atom stereocenters. The van der Waals surface area contributed by atoms with E-state index in [9.17, 15) is 4.79 Å². The Bertz CT molecular complexity index is 93.1. The first-order chi connectivity index (χ1) is 4.16. The second-order valence-electron chi connectivity index (χ2n) is 2.08. The van der Waals surface area contributed by atoms with E-state index >= 15 is 0 Å². The highest BCUT2D eigenvalue weighted by Crippen LogP contribution is 2.11. The second-order valence-corrected chi connectivity index (χ2v) is 3.71. The van der Waals surface area contributed by atoms with Gasteiger partial charge >= 0.3 is 0 Å². The lowest BCUT2D eigenvalue weighted by Crippen LogP contribution is -2.06. The minimum atomic E-state index is 0.201. The highest BCUT2D eigenvalue weighted by molar-refractivity contribution is 8.14. The largest absolute Gasteiger partial charge is 0.330 e. The van der Waals surface area contributed by atoms with E-state index in [4.69, 9.17) is 5.73 Å². The molecular weight excluding hydrogens is 134 g/mol. The Hall–Kier alpha value is -0.0200. The SMILES string of the molecule is CC(C)SC(=O)CCN. The summed E-state index contributed by atoms with van der Waals surface area (Å²) in [4.78, 5) is 10.7. The molecule has 0 fully saturated rings. The fourth-order valence-electron chi connectivity index (χ4n) is 0.440. The average molecular weight is 147 g/mol. The molecule has 0 aliphatic heterocycles. The number of carbonyl (C=O) groups is 1. The summed E-state index contributed by atoms with van der Waals surface area (Å²) < 4.78 is 0. The van der Waals surface area contributed by atoms with E-state index in [2.05, 4.69) is 0 Å². The number of nitrogens with two attached hydrogens (primary N) is 1. The monoisotopic (exact) mass is 147 g/mol. The molecule has 0 aliphatic rings. The predicted molar refractivity (Wildman–Crippen MR) is 41.4 cm³/mol. The first-order valence-corrected chi connectivity index (χ1v) is 3.94. The fourth-order valence-corrected chi connectivity index (χ4v) is 1.20. The lowest BCUT2D eigenvalue weighted by atomic mass is 10.5. The highest BCUT2D eigenvalue weighted by Gasteiger charge is 2.02. The molecule has 0 aliphatic carbocycles. The average Bonchev–Trinajstić information content (AvgIpc) is 1.63. The number of carbonyl (C=O) groups excluding carboxylic acids is 1. The minimum Gasteiger partial charge on any atom is -0.330 e. The van der Waals surface area contributed by atoms with Crippen LogP contribution in [0, 0.1) is 0 Å². The molecule has 0 aromatic rings. The molecule has 54 valence electrons. The van der Waals surface area contributed by atoms with Gasteiger partial charge in [-0.2, -0.15) is 0 Å². The Morgan fingerprint density at radius 3 is 2.56 bits per heavy atom. The summed E-state index contributed by atoms with van der Waals surface area (Å²) in [5, 5.41) is 0.594. The first kappa shape index (κ1) is 8.98. The van der Waals surface area contributed by atoms with Gasteiger partial charge in [0.2, 0.25) is 0 Å².